The van der Waals surface area contributed by atoms with Crippen molar-refractivity contribution >= 4 is 41.7 Å². The monoisotopic (exact) mass is 413 g/mol. The van der Waals surface area contributed by atoms with Gasteiger partial charge in [-0.15, -0.1) is 24.0 Å². The van der Waals surface area contributed by atoms with Crippen molar-refractivity contribution in [1.29, 1.82) is 0 Å². The maximum absolute atomic E-state index is 5.60. The molecule has 1 heterocycles. The second-order valence-corrected chi connectivity index (χ2v) is 7.46. The molecule has 0 aromatic carbocycles. The standard InChI is InChI=1S/C14H27N3OS.HI/c1-14(6-3-9-19-14)11-17-13(15-2)16-7-8-18-10-12-4-5-12;/h12H,3-11H2,1-2H3,(H2,15,16,17);1H. The van der Waals surface area contributed by atoms with Gasteiger partial charge in [0.05, 0.1) is 6.61 Å². The summed E-state index contributed by atoms with van der Waals surface area (Å²) in [5, 5.41) is 6.74. The topological polar surface area (TPSA) is 45.7 Å². The molecule has 1 unspecified atom stereocenters. The number of guanidine groups is 1. The van der Waals surface area contributed by atoms with Crippen molar-refractivity contribution in [1.82, 2.24) is 10.6 Å². The van der Waals surface area contributed by atoms with E-state index in [1.807, 2.05) is 7.05 Å². The first kappa shape index (κ1) is 18.4. The van der Waals surface area contributed by atoms with Gasteiger partial charge in [-0.25, -0.2) is 0 Å². The highest BCUT2D eigenvalue weighted by Gasteiger charge is 2.29. The molecule has 20 heavy (non-hydrogen) atoms. The Morgan fingerprint density at radius 1 is 1.40 bits per heavy atom. The van der Waals surface area contributed by atoms with Crippen molar-refractivity contribution in [3.05, 3.63) is 0 Å². The van der Waals surface area contributed by atoms with Gasteiger partial charge in [-0.3, -0.25) is 4.99 Å². The number of hydrogen-bond acceptors (Lipinski definition) is 3. The zero-order valence-corrected chi connectivity index (χ0v) is 15.8. The van der Waals surface area contributed by atoms with E-state index in [2.05, 4.69) is 34.3 Å². The van der Waals surface area contributed by atoms with E-state index in [0.29, 0.717) is 4.75 Å². The van der Waals surface area contributed by atoms with Gasteiger partial charge in [0.25, 0.3) is 0 Å². The third-order valence-electron chi connectivity index (χ3n) is 3.74. The highest BCUT2D eigenvalue weighted by Crippen LogP contribution is 2.36. The zero-order valence-electron chi connectivity index (χ0n) is 12.6. The molecule has 2 aliphatic rings. The fourth-order valence-corrected chi connectivity index (χ4v) is 3.49. The number of nitrogens with zero attached hydrogens (tertiary/aromatic N) is 1. The smallest absolute Gasteiger partial charge is 0.191 e. The van der Waals surface area contributed by atoms with E-state index in [1.165, 1.54) is 31.4 Å². The lowest BCUT2D eigenvalue weighted by molar-refractivity contribution is 0.129. The lowest BCUT2D eigenvalue weighted by Crippen LogP contribution is -2.44. The number of ether oxygens (including phenoxy) is 1. The minimum atomic E-state index is 0. The molecule has 2 fully saturated rings. The molecule has 0 aromatic heterocycles. The van der Waals surface area contributed by atoms with Crippen LogP contribution < -0.4 is 10.6 Å². The number of halogens is 1. The predicted molar refractivity (Wildman–Crippen MR) is 98.4 cm³/mol. The van der Waals surface area contributed by atoms with Crippen LogP contribution in [0.2, 0.25) is 0 Å². The summed E-state index contributed by atoms with van der Waals surface area (Å²) in [4.78, 5) is 4.25. The maximum atomic E-state index is 5.60. The summed E-state index contributed by atoms with van der Waals surface area (Å²) in [6, 6.07) is 0. The van der Waals surface area contributed by atoms with Crippen LogP contribution in [0.4, 0.5) is 0 Å². The van der Waals surface area contributed by atoms with Crippen molar-refractivity contribution in [3.8, 4) is 0 Å². The molecular formula is C14H28IN3OS. The summed E-state index contributed by atoms with van der Waals surface area (Å²) in [5.74, 6) is 3.03. The van der Waals surface area contributed by atoms with Crippen molar-refractivity contribution in [2.24, 2.45) is 10.9 Å². The summed E-state index contributed by atoms with van der Waals surface area (Å²) < 4.78 is 5.98. The third kappa shape index (κ3) is 6.85. The van der Waals surface area contributed by atoms with Crippen LogP contribution in [0.5, 0.6) is 0 Å². The first-order valence-corrected chi connectivity index (χ1v) is 8.37. The zero-order chi connectivity index (χ0) is 13.6. The fraction of sp³-hybridized carbons (Fsp3) is 0.929. The average molecular weight is 413 g/mol. The van der Waals surface area contributed by atoms with Crippen molar-refractivity contribution in [2.75, 3.05) is 39.1 Å². The Morgan fingerprint density at radius 3 is 2.80 bits per heavy atom. The lowest BCUT2D eigenvalue weighted by Gasteiger charge is -2.24. The number of hydrogen-bond donors (Lipinski definition) is 2. The van der Waals surface area contributed by atoms with Gasteiger partial charge < -0.3 is 15.4 Å². The van der Waals surface area contributed by atoms with Gasteiger partial charge in [0, 0.05) is 31.5 Å². The largest absolute Gasteiger partial charge is 0.379 e. The van der Waals surface area contributed by atoms with Crippen LogP contribution in [0.3, 0.4) is 0 Å². The molecule has 0 amide bonds. The molecule has 0 aromatic rings. The van der Waals surface area contributed by atoms with E-state index in [9.17, 15) is 0 Å². The molecule has 1 saturated carbocycles. The van der Waals surface area contributed by atoms with Crippen LogP contribution in [-0.2, 0) is 4.74 Å². The molecule has 1 atom stereocenters. The number of nitrogens with one attached hydrogen (secondary N) is 2. The van der Waals surface area contributed by atoms with Gasteiger partial charge >= 0.3 is 0 Å². The summed E-state index contributed by atoms with van der Waals surface area (Å²) in [7, 11) is 1.82. The minimum absolute atomic E-state index is 0. The van der Waals surface area contributed by atoms with Crippen molar-refractivity contribution in [3.63, 3.8) is 0 Å². The molecule has 4 nitrogen and oxygen atoms in total. The van der Waals surface area contributed by atoms with E-state index >= 15 is 0 Å². The molecule has 0 bridgehead atoms. The van der Waals surface area contributed by atoms with E-state index < -0.39 is 0 Å². The van der Waals surface area contributed by atoms with Crippen LogP contribution in [0.15, 0.2) is 4.99 Å². The Labute approximate surface area is 144 Å². The number of thioether (sulfide) groups is 1. The Morgan fingerprint density at radius 2 is 2.20 bits per heavy atom. The molecule has 0 spiro atoms. The van der Waals surface area contributed by atoms with Crippen LogP contribution in [0, 0.1) is 5.92 Å². The molecule has 1 aliphatic carbocycles. The fourth-order valence-electron chi connectivity index (χ4n) is 2.24. The Kier molecular flexibility index (Phi) is 8.59. The third-order valence-corrected chi connectivity index (χ3v) is 5.28. The van der Waals surface area contributed by atoms with E-state index in [-0.39, 0.29) is 24.0 Å². The maximum Gasteiger partial charge on any atom is 0.191 e. The quantitative estimate of drug-likeness (QED) is 0.291. The predicted octanol–water partition coefficient (Wildman–Crippen LogP) is 2.48. The molecular weight excluding hydrogens is 385 g/mol. The van der Waals surface area contributed by atoms with Gasteiger partial charge in [0.15, 0.2) is 5.96 Å². The minimum Gasteiger partial charge on any atom is -0.379 e. The first-order valence-electron chi connectivity index (χ1n) is 7.38. The summed E-state index contributed by atoms with van der Waals surface area (Å²) in [5.41, 5.74) is 0. The highest BCUT2D eigenvalue weighted by molar-refractivity contribution is 14.0. The summed E-state index contributed by atoms with van der Waals surface area (Å²) in [6.45, 7) is 5.85. The van der Waals surface area contributed by atoms with Gasteiger partial charge in [-0.1, -0.05) is 0 Å². The molecule has 0 radical (unpaired) electrons. The Bertz CT molecular complexity index is 305. The first-order chi connectivity index (χ1) is 9.22. The van der Waals surface area contributed by atoms with Crippen LogP contribution in [0.25, 0.3) is 0 Å². The molecule has 1 aliphatic heterocycles. The van der Waals surface area contributed by atoms with Gasteiger partial charge in [0.1, 0.15) is 0 Å². The van der Waals surface area contributed by atoms with Crippen molar-refractivity contribution in [2.45, 2.75) is 37.4 Å². The number of rotatable bonds is 7. The van der Waals surface area contributed by atoms with Crippen LogP contribution in [-0.4, -0.2) is 49.8 Å². The normalized spacial score (nSPS) is 26.2. The number of aliphatic imine (C=N–C) groups is 1. The average Bonchev–Trinajstić information content (AvgIpc) is 3.14. The summed E-state index contributed by atoms with van der Waals surface area (Å²) >= 11 is 2.07. The molecule has 6 heteroatoms. The van der Waals surface area contributed by atoms with E-state index in [1.54, 1.807) is 0 Å². The Balaban J connectivity index is 0.00000200. The lowest BCUT2D eigenvalue weighted by atomic mass is 10.1. The molecule has 2 rings (SSSR count). The second-order valence-electron chi connectivity index (χ2n) is 5.77. The SMILES string of the molecule is CN=C(NCCOCC1CC1)NCC1(C)CCCS1.I. The summed E-state index contributed by atoms with van der Waals surface area (Å²) in [6.07, 6.45) is 5.34. The van der Waals surface area contributed by atoms with Crippen LogP contribution >= 0.6 is 35.7 Å². The van der Waals surface area contributed by atoms with E-state index in [0.717, 1.165) is 38.2 Å². The van der Waals surface area contributed by atoms with Gasteiger partial charge in [-0.05, 0) is 44.3 Å². The van der Waals surface area contributed by atoms with Gasteiger partial charge in [0.2, 0.25) is 0 Å². The van der Waals surface area contributed by atoms with Crippen molar-refractivity contribution < 1.29 is 4.74 Å². The second kappa shape index (κ2) is 9.35. The molecule has 1 saturated heterocycles. The van der Waals surface area contributed by atoms with Crippen LogP contribution in [0.1, 0.15) is 32.6 Å². The molecule has 118 valence electrons. The molecule has 2 N–H and O–H groups in total. The van der Waals surface area contributed by atoms with Gasteiger partial charge in [-0.2, -0.15) is 11.8 Å². The van der Waals surface area contributed by atoms with E-state index in [4.69, 9.17) is 4.74 Å². The Hall–Kier alpha value is 0.310. The highest BCUT2D eigenvalue weighted by atomic mass is 127.